The zero-order chi connectivity index (χ0) is 10.6. The van der Waals surface area contributed by atoms with Gasteiger partial charge >= 0.3 is 0 Å². The molecule has 1 nitrogen and oxygen atoms in total. The lowest BCUT2D eigenvalue weighted by molar-refractivity contribution is 0.774. The van der Waals surface area contributed by atoms with Crippen LogP contribution in [0.4, 0.5) is 0 Å². The van der Waals surface area contributed by atoms with Crippen LogP contribution >= 0.6 is 0 Å². The molecule has 0 aromatic carbocycles. The Balaban J connectivity index is 3.06. The van der Waals surface area contributed by atoms with Crippen molar-refractivity contribution < 1.29 is 0 Å². The predicted octanol–water partition coefficient (Wildman–Crippen LogP) is 3.75. The molecule has 1 aliphatic heterocycles. The van der Waals surface area contributed by atoms with Crippen LogP contribution in [-0.4, -0.2) is 5.71 Å². The highest BCUT2D eigenvalue weighted by molar-refractivity contribution is 6.02. The van der Waals surface area contributed by atoms with E-state index in [2.05, 4.69) is 44.8 Å². The minimum atomic E-state index is 0.486. The van der Waals surface area contributed by atoms with Gasteiger partial charge in [0.1, 0.15) is 0 Å². The Bertz CT molecular complexity index is 269. The molecule has 0 spiro atoms. The molecule has 0 atom stereocenters. The molecular formula is C13H19N. The normalized spacial score (nSPS) is 16.7. The Morgan fingerprint density at radius 3 is 2.21 bits per heavy atom. The Morgan fingerprint density at radius 2 is 1.64 bits per heavy atom. The minimum absolute atomic E-state index is 0.486. The Labute approximate surface area is 86.9 Å². The summed E-state index contributed by atoms with van der Waals surface area (Å²) in [4.78, 5) is 4.50. The van der Waals surface area contributed by atoms with Crippen molar-refractivity contribution in [3.8, 4) is 0 Å². The maximum absolute atomic E-state index is 4.50. The van der Waals surface area contributed by atoms with Gasteiger partial charge in [0.15, 0.2) is 0 Å². The number of hydrogen-bond acceptors (Lipinski definition) is 1. The first kappa shape index (κ1) is 11.0. The summed E-state index contributed by atoms with van der Waals surface area (Å²) in [7, 11) is 0. The predicted molar refractivity (Wildman–Crippen MR) is 63.5 cm³/mol. The van der Waals surface area contributed by atoms with Crippen LogP contribution in [0.5, 0.6) is 0 Å². The fraction of sp³-hybridized carbons (Fsp3) is 0.462. The second-order valence-electron chi connectivity index (χ2n) is 4.17. The first-order chi connectivity index (χ1) is 6.63. The molecule has 0 radical (unpaired) electrons. The van der Waals surface area contributed by atoms with Gasteiger partial charge in [0.05, 0.1) is 0 Å². The largest absolute Gasteiger partial charge is 0.261 e. The van der Waals surface area contributed by atoms with E-state index in [1.165, 1.54) is 11.3 Å². The summed E-state index contributed by atoms with van der Waals surface area (Å²) in [6.07, 6.45) is 10.1. The summed E-state index contributed by atoms with van der Waals surface area (Å²) < 4.78 is 0. The molecule has 0 amide bonds. The first-order valence-corrected chi connectivity index (χ1v) is 5.24. The number of nitrogens with zero attached hydrogens (tertiary/aromatic N) is 1. The average Bonchev–Trinajstić information content (AvgIpc) is 2.01. The van der Waals surface area contributed by atoms with Crippen molar-refractivity contribution >= 4 is 5.71 Å². The van der Waals surface area contributed by atoms with Crippen LogP contribution in [0, 0.1) is 11.8 Å². The van der Waals surface area contributed by atoms with Crippen molar-refractivity contribution in [1.82, 2.24) is 0 Å². The second kappa shape index (κ2) is 4.94. The van der Waals surface area contributed by atoms with E-state index >= 15 is 0 Å². The van der Waals surface area contributed by atoms with Crippen molar-refractivity contribution in [2.24, 2.45) is 16.8 Å². The Morgan fingerprint density at radius 1 is 0.929 bits per heavy atom. The molecule has 0 unspecified atom stereocenters. The molecule has 0 N–H and O–H groups in total. The minimum Gasteiger partial charge on any atom is -0.261 e. The van der Waals surface area contributed by atoms with E-state index in [0.29, 0.717) is 11.8 Å². The molecule has 0 aliphatic carbocycles. The van der Waals surface area contributed by atoms with E-state index in [1.807, 2.05) is 18.4 Å². The van der Waals surface area contributed by atoms with Gasteiger partial charge in [-0.25, -0.2) is 0 Å². The quantitative estimate of drug-likeness (QED) is 0.627. The maximum atomic E-state index is 4.50. The smallest absolute Gasteiger partial charge is 0.0463 e. The highest BCUT2D eigenvalue weighted by Crippen LogP contribution is 2.18. The number of rotatable bonds is 2. The third kappa shape index (κ3) is 2.69. The average molecular weight is 189 g/mol. The molecule has 0 saturated heterocycles. The van der Waals surface area contributed by atoms with Crippen molar-refractivity contribution in [3.05, 3.63) is 36.1 Å². The lowest BCUT2D eigenvalue weighted by Crippen LogP contribution is -2.15. The highest BCUT2D eigenvalue weighted by Gasteiger charge is 2.13. The molecule has 0 aromatic heterocycles. The lowest BCUT2D eigenvalue weighted by Gasteiger charge is -2.17. The van der Waals surface area contributed by atoms with Gasteiger partial charge in [-0.1, -0.05) is 45.9 Å². The summed E-state index contributed by atoms with van der Waals surface area (Å²) in [6, 6.07) is 0. The van der Waals surface area contributed by atoms with Crippen LogP contribution in [0.1, 0.15) is 27.7 Å². The molecule has 0 saturated carbocycles. The molecule has 0 bridgehead atoms. The summed E-state index contributed by atoms with van der Waals surface area (Å²) in [5.74, 6) is 1.02. The van der Waals surface area contributed by atoms with Gasteiger partial charge < -0.3 is 0 Å². The van der Waals surface area contributed by atoms with Crippen LogP contribution in [0.15, 0.2) is 41.1 Å². The summed E-state index contributed by atoms with van der Waals surface area (Å²) in [5, 5.41) is 0. The van der Waals surface area contributed by atoms with Crippen LogP contribution < -0.4 is 0 Å². The van der Waals surface area contributed by atoms with Crippen LogP contribution in [0.3, 0.4) is 0 Å². The zero-order valence-corrected chi connectivity index (χ0v) is 9.49. The Kier molecular flexibility index (Phi) is 3.87. The SMILES string of the molecule is CC(C)C1=CC=CC=CN=C1C(C)C. The van der Waals surface area contributed by atoms with Gasteiger partial charge in [-0.15, -0.1) is 0 Å². The fourth-order valence-corrected chi connectivity index (χ4v) is 1.53. The molecule has 1 aliphatic rings. The first-order valence-electron chi connectivity index (χ1n) is 5.24. The second-order valence-corrected chi connectivity index (χ2v) is 4.17. The van der Waals surface area contributed by atoms with Gasteiger partial charge in [-0.05, 0) is 23.5 Å². The van der Waals surface area contributed by atoms with Gasteiger partial charge in [0.2, 0.25) is 0 Å². The number of allylic oxidation sites excluding steroid dienone is 5. The van der Waals surface area contributed by atoms with Crippen LogP contribution in [0.25, 0.3) is 0 Å². The van der Waals surface area contributed by atoms with Gasteiger partial charge in [-0.3, -0.25) is 4.99 Å². The van der Waals surface area contributed by atoms with Crippen LogP contribution in [-0.2, 0) is 0 Å². The van der Waals surface area contributed by atoms with E-state index in [4.69, 9.17) is 0 Å². The maximum Gasteiger partial charge on any atom is 0.0463 e. The zero-order valence-electron chi connectivity index (χ0n) is 9.49. The van der Waals surface area contributed by atoms with Gasteiger partial charge in [0.25, 0.3) is 0 Å². The van der Waals surface area contributed by atoms with Crippen LogP contribution in [0.2, 0.25) is 0 Å². The fourth-order valence-electron chi connectivity index (χ4n) is 1.53. The van der Waals surface area contributed by atoms with E-state index in [1.54, 1.807) is 0 Å². The molecule has 1 heteroatoms. The molecule has 0 aromatic rings. The topological polar surface area (TPSA) is 12.4 Å². The van der Waals surface area contributed by atoms with E-state index in [-0.39, 0.29) is 0 Å². The third-order valence-corrected chi connectivity index (χ3v) is 2.26. The summed E-state index contributed by atoms with van der Waals surface area (Å²) in [5.41, 5.74) is 2.56. The van der Waals surface area contributed by atoms with Gasteiger partial charge in [-0.2, -0.15) is 0 Å². The standard InChI is InChI=1S/C13H19N/c1-10(2)12-8-6-5-7-9-14-13(12)11(3)4/h5-11H,1-4H3. The lowest BCUT2D eigenvalue weighted by atomic mass is 9.91. The number of hydrogen-bond donors (Lipinski definition) is 0. The van der Waals surface area contributed by atoms with Crippen molar-refractivity contribution in [2.45, 2.75) is 27.7 Å². The molecular weight excluding hydrogens is 170 g/mol. The van der Waals surface area contributed by atoms with Crippen molar-refractivity contribution in [3.63, 3.8) is 0 Å². The number of aliphatic imine (C=N–C) groups is 1. The monoisotopic (exact) mass is 189 g/mol. The molecule has 76 valence electrons. The van der Waals surface area contributed by atoms with Crippen molar-refractivity contribution in [1.29, 1.82) is 0 Å². The molecule has 1 rings (SSSR count). The molecule has 0 fully saturated rings. The van der Waals surface area contributed by atoms with Gasteiger partial charge in [0, 0.05) is 11.9 Å². The van der Waals surface area contributed by atoms with Crippen molar-refractivity contribution in [2.75, 3.05) is 0 Å². The summed E-state index contributed by atoms with van der Waals surface area (Å²) >= 11 is 0. The molecule has 1 heterocycles. The molecule has 14 heavy (non-hydrogen) atoms. The van der Waals surface area contributed by atoms with E-state index in [0.717, 1.165) is 0 Å². The highest BCUT2D eigenvalue weighted by atomic mass is 14.7. The Hall–Kier alpha value is -1.11. The summed E-state index contributed by atoms with van der Waals surface area (Å²) in [6.45, 7) is 8.80. The van der Waals surface area contributed by atoms with E-state index < -0.39 is 0 Å². The van der Waals surface area contributed by atoms with E-state index in [9.17, 15) is 0 Å². The third-order valence-electron chi connectivity index (χ3n) is 2.26.